The first-order chi connectivity index (χ1) is 26.4. The molecule has 6 atom stereocenters. The fourth-order valence-corrected chi connectivity index (χ4v) is 9.59. The number of aliphatic hydroxyl groups excluding tert-OH is 1. The standard InChI is InChI=1S/C46H62FN5O3/c1-8-11-13-19-46(7,18-12-9-2)27-55-45-49-40-23-37(36-22-34(54)21-31-14-17-39(47)35(10-3)41(31)36)43-38(20-28(4)30(6)48-43)42(40)44(50-45)52-32-15-16-33(52)26-51(25-32)24-29(5)53/h14,17,20-23,28-30,32-33,53-54H,8-13,15-16,18-19,24-27H2,1-7H3. The molecule has 2 bridgehead atoms. The van der Waals surface area contributed by atoms with Crippen LogP contribution in [0.3, 0.4) is 0 Å². The number of halogens is 1. The van der Waals surface area contributed by atoms with Crippen molar-refractivity contribution in [3.05, 3.63) is 52.3 Å². The number of piperazine rings is 1. The van der Waals surface area contributed by atoms with Crippen LogP contribution in [0.25, 0.3) is 38.9 Å². The number of benzene rings is 3. The topological polar surface area (TPSA) is 94.3 Å². The van der Waals surface area contributed by atoms with E-state index < -0.39 is 0 Å². The van der Waals surface area contributed by atoms with Crippen LogP contribution in [0, 0.1) is 17.2 Å². The summed E-state index contributed by atoms with van der Waals surface area (Å²) in [6.07, 6.45) is 12.6. The van der Waals surface area contributed by atoms with Crippen LogP contribution in [0.15, 0.2) is 35.3 Å². The third-order valence-corrected chi connectivity index (χ3v) is 12.7. The first-order valence-electron chi connectivity index (χ1n) is 21.1. The quantitative estimate of drug-likeness (QED) is 0.118. The van der Waals surface area contributed by atoms with Gasteiger partial charge < -0.3 is 19.8 Å². The molecule has 0 spiro atoms. The summed E-state index contributed by atoms with van der Waals surface area (Å²) in [5.41, 5.74) is 2.97. The summed E-state index contributed by atoms with van der Waals surface area (Å²) in [5.74, 6) is 0.932. The largest absolute Gasteiger partial charge is 0.508 e. The van der Waals surface area contributed by atoms with Gasteiger partial charge in [0.15, 0.2) is 0 Å². The number of hydrogen-bond acceptors (Lipinski definition) is 8. The van der Waals surface area contributed by atoms with E-state index in [1.807, 2.05) is 13.8 Å². The normalized spacial score (nSPS) is 22.7. The molecule has 0 radical (unpaired) electrons. The second-order valence-electron chi connectivity index (χ2n) is 17.3. The molecule has 2 N–H and O–H groups in total. The maximum atomic E-state index is 15.5. The lowest BCUT2D eigenvalue weighted by Crippen LogP contribution is -2.55. The molecular weight excluding hydrogens is 690 g/mol. The Labute approximate surface area is 326 Å². The van der Waals surface area contributed by atoms with E-state index in [9.17, 15) is 10.2 Å². The number of aryl methyl sites for hydroxylation is 1. The van der Waals surface area contributed by atoms with Gasteiger partial charge in [-0.05, 0) is 98.0 Å². The second kappa shape index (κ2) is 16.3. The molecule has 0 amide bonds. The number of ether oxygens (including phenoxy) is 1. The van der Waals surface area contributed by atoms with E-state index >= 15 is 4.39 Å². The molecule has 55 heavy (non-hydrogen) atoms. The first kappa shape index (κ1) is 39.4. The first-order valence-corrected chi connectivity index (χ1v) is 21.1. The molecule has 1 aromatic heterocycles. The van der Waals surface area contributed by atoms with Crippen molar-refractivity contribution in [2.75, 3.05) is 31.1 Å². The summed E-state index contributed by atoms with van der Waals surface area (Å²) >= 11 is 0. The lowest BCUT2D eigenvalue weighted by Gasteiger charge is -2.42. The highest BCUT2D eigenvalue weighted by Crippen LogP contribution is 2.40. The van der Waals surface area contributed by atoms with E-state index in [1.54, 1.807) is 18.2 Å². The molecule has 3 aromatic carbocycles. The predicted octanol–water partition coefficient (Wildman–Crippen LogP) is 8.48. The number of fused-ring (bicyclic) bond motifs is 6. The molecule has 2 saturated heterocycles. The Balaban J connectivity index is 1.46. The molecule has 2 fully saturated rings. The van der Waals surface area contributed by atoms with Crippen molar-refractivity contribution < 1.29 is 19.3 Å². The monoisotopic (exact) mass is 751 g/mol. The number of anilines is 1. The molecule has 4 aromatic rings. The highest BCUT2D eigenvalue weighted by atomic mass is 19.1. The Morgan fingerprint density at radius 3 is 2.36 bits per heavy atom. The Morgan fingerprint density at radius 2 is 1.67 bits per heavy atom. The highest BCUT2D eigenvalue weighted by Gasteiger charge is 2.42. The van der Waals surface area contributed by atoms with Crippen LogP contribution in [0.4, 0.5) is 10.2 Å². The smallest absolute Gasteiger partial charge is 0.318 e. The van der Waals surface area contributed by atoms with Crippen LogP contribution in [0.5, 0.6) is 11.8 Å². The van der Waals surface area contributed by atoms with Crippen LogP contribution in [0.1, 0.15) is 112 Å². The van der Waals surface area contributed by atoms with Crippen molar-refractivity contribution in [1.29, 1.82) is 0 Å². The molecule has 4 heterocycles. The van der Waals surface area contributed by atoms with Gasteiger partial charge in [0.1, 0.15) is 17.4 Å². The fourth-order valence-electron chi connectivity index (χ4n) is 9.59. The zero-order chi connectivity index (χ0) is 39.0. The van der Waals surface area contributed by atoms with Crippen LogP contribution in [0.2, 0.25) is 0 Å². The van der Waals surface area contributed by atoms with Crippen LogP contribution >= 0.6 is 0 Å². The van der Waals surface area contributed by atoms with Crippen molar-refractivity contribution in [2.24, 2.45) is 16.3 Å². The summed E-state index contributed by atoms with van der Waals surface area (Å²) < 4.78 is 22.3. The third kappa shape index (κ3) is 7.93. The molecule has 8 nitrogen and oxygen atoms in total. The van der Waals surface area contributed by atoms with E-state index in [0.29, 0.717) is 31.1 Å². The number of hydrogen-bond donors (Lipinski definition) is 2. The summed E-state index contributed by atoms with van der Waals surface area (Å²) in [4.78, 5) is 20.9. The molecule has 7 rings (SSSR count). The van der Waals surface area contributed by atoms with Crippen LogP contribution < -0.4 is 20.2 Å². The maximum Gasteiger partial charge on any atom is 0.318 e. The number of phenols is 1. The Kier molecular flexibility index (Phi) is 11.7. The Bertz CT molecular complexity index is 2140. The number of unbranched alkanes of at least 4 members (excludes halogenated alkanes) is 3. The minimum atomic E-state index is -0.384. The molecular formula is C46H62FN5O3. The fraction of sp³-hybridized carbons (Fsp3) is 0.587. The molecule has 296 valence electrons. The zero-order valence-electron chi connectivity index (χ0n) is 34.2. The van der Waals surface area contributed by atoms with Gasteiger partial charge in [-0.3, -0.25) is 9.89 Å². The van der Waals surface area contributed by atoms with E-state index in [1.165, 1.54) is 25.3 Å². The van der Waals surface area contributed by atoms with E-state index in [4.69, 9.17) is 19.7 Å². The molecule has 3 aliphatic heterocycles. The van der Waals surface area contributed by atoms with Gasteiger partial charge in [-0.25, -0.2) is 4.39 Å². The molecule has 0 saturated carbocycles. The second-order valence-corrected chi connectivity index (χ2v) is 17.3. The van der Waals surface area contributed by atoms with Gasteiger partial charge >= 0.3 is 6.01 Å². The van der Waals surface area contributed by atoms with Crippen molar-refractivity contribution in [3.63, 3.8) is 0 Å². The van der Waals surface area contributed by atoms with Gasteiger partial charge in [0, 0.05) is 47.9 Å². The van der Waals surface area contributed by atoms with Crippen molar-refractivity contribution in [1.82, 2.24) is 14.9 Å². The zero-order valence-corrected chi connectivity index (χ0v) is 34.2. The van der Waals surface area contributed by atoms with Crippen molar-refractivity contribution >= 4 is 33.6 Å². The number of β-amino-alcohol motifs (C(OH)–C–C–N with tert-alkyl or cyclic N) is 1. The van der Waals surface area contributed by atoms with Gasteiger partial charge in [-0.15, -0.1) is 0 Å². The SMILES string of the molecule is CCCCCC(C)(CCCC)COc1nc(N2C3CCC2CN(CC(C)O)C3)c2c3c(c(-c4cc(O)cc5ccc(F)c(CC)c45)cc2n1)=NC(C)C(C)C=3. The van der Waals surface area contributed by atoms with E-state index in [2.05, 4.69) is 56.6 Å². The maximum absolute atomic E-state index is 15.5. The van der Waals surface area contributed by atoms with E-state index in [0.717, 1.165) is 101 Å². The van der Waals surface area contributed by atoms with Gasteiger partial charge in [-0.2, -0.15) is 9.97 Å². The minimum Gasteiger partial charge on any atom is -0.508 e. The number of aromatic hydroxyl groups is 1. The van der Waals surface area contributed by atoms with Gasteiger partial charge in [0.2, 0.25) is 0 Å². The predicted molar refractivity (Wildman–Crippen MR) is 222 cm³/mol. The van der Waals surface area contributed by atoms with Gasteiger partial charge in [0.05, 0.1) is 35.0 Å². The van der Waals surface area contributed by atoms with Gasteiger partial charge in [-0.1, -0.05) is 78.9 Å². The number of nitrogens with zero attached hydrogens (tertiary/aromatic N) is 5. The number of aromatic nitrogens is 2. The molecule has 6 unspecified atom stereocenters. The van der Waals surface area contributed by atoms with Crippen LogP contribution in [-0.2, 0) is 6.42 Å². The minimum absolute atomic E-state index is 0.00957. The van der Waals surface area contributed by atoms with Crippen molar-refractivity contribution in [2.45, 2.75) is 137 Å². The van der Waals surface area contributed by atoms with Crippen LogP contribution in [-0.4, -0.2) is 75.6 Å². The Morgan fingerprint density at radius 1 is 0.945 bits per heavy atom. The van der Waals surface area contributed by atoms with Crippen molar-refractivity contribution in [3.8, 4) is 22.9 Å². The number of phenolic OH excluding ortho intramolecular Hbond substituents is 1. The highest BCUT2D eigenvalue weighted by molar-refractivity contribution is 6.03. The number of aliphatic hydroxyl groups is 1. The molecule has 0 aliphatic carbocycles. The molecule has 9 heteroatoms. The summed E-state index contributed by atoms with van der Waals surface area (Å²) in [7, 11) is 0. The third-order valence-electron chi connectivity index (χ3n) is 12.7. The Hall–Kier alpha value is -3.82. The summed E-state index contributed by atoms with van der Waals surface area (Å²) in [6.45, 7) is 18.0. The summed E-state index contributed by atoms with van der Waals surface area (Å²) in [6, 6.07) is 9.71. The number of likely N-dealkylation sites (tertiary alicyclic amines) is 1. The molecule has 3 aliphatic rings. The van der Waals surface area contributed by atoms with E-state index in [-0.39, 0.29) is 47.1 Å². The lowest BCUT2D eigenvalue weighted by atomic mass is 9.81. The lowest BCUT2D eigenvalue weighted by molar-refractivity contribution is 0.111. The average molecular weight is 752 g/mol. The van der Waals surface area contributed by atoms with Gasteiger partial charge in [0.25, 0.3) is 0 Å². The number of rotatable bonds is 15. The summed E-state index contributed by atoms with van der Waals surface area (Å²) in [5, 5.41) is 25.8. The average Bonchev–Trinajstić information content (AvgIpc) is 3.42.